The molecule has 0 aliphatic carbocycles. The molecule has 3 aromatic rings. The second-order valence-corrected chi connectivity index (χ2v) is 6.41. The molecule has 0 atom stereocenters. The van der Waals surface area contributed by atoms with Crippen LogP contribution in [0.1, 0.15) is 10.4 Å². The number of halogens is 3. The quantitative estimate of drug-likeness (QED) is 0.720. The maximum absolute atomic E-state index is 14.7. The average molecular weight is 405 g/mol. The number of ether oxygens (including phenoxy) is 1. The topological polar surface area (TPSA) is 84.7 Å². The Morgan fingerprint density at radius 1 is 1.10 bits per heavy atom. The smallest absolute Gasteiger partial charge is 0.341 e. The van der Waals surface area contributed by atoms with Gasteiger partial charge in [0, 0.05) is 25.4 Å². The third kappa shape index (κ3) is 3.31. The van der Waals surface area contributed by atoms with Gasteiger partial charge in [-0.3, -0.25) is 9.36 Å². The van der Waals surface area contributed by atoms with Crippen molar-refractivity contribution in [1.29, 1.82) is 0 Å². The molecule has 1 aliphatic rings. The van der Waals surface area contributed by atoms with Crippen molar-refractivity contribution < 1.29 is 27.8 Å². The Morgan fingerprint density at radius 3 is 2.48 bits per heavy atom. The van der Waals surface area contributed by atoms with E-state index in [4.69, 9.17) is 4.74 Å². The zero-order chi connectivity index (χ0) is 20.7. The molecule has 150 valence electrons. The van der Waals surface area contributed by atoms with Crippen LogP contribution in [-0.4, -0.2) is 46.9 Å². The van der Waals surface area contributed by atoms with Crippen molar-refractivity contribution in [1.82, 2.24) is 9.55 Å². The largest absolute Gasteiger partial charge is 0.477 e. The highest BCUT2D eigenvalue weighted by Crippen LogP contribution is 2.25. The number of hydrogen-bond acceptors (Lipinski definition) is 5. The van der Waals surface area contributed by atoms with Crippen LogP contribution in [0, 0.1) is 17.5 Å². The molecule has 1 aromatic carbocycles. The number of rotatable bonds is 3. The third-order valence-electron chi connectivity index (χ3n) is 4.62. The fraction of sp³-hybridized carbons (Fsp3) is 0.211. The Balaban J connectivity index is 2.05. The van der Waals surface area contributed by atoms with Gasteiger partial charge in [0.15, 0.2) is 17.3 Å². The molecule has 29 heavy (non-hydrogen) atoms. The van der Waals surface area contributed by atoms with Gasteiger partial charge in [0.2, 0.25) is 5.43 Å². The van der Waals surface area contributed by atoms with Gasteiger partial charge in [0.25, 0.3) is 0 Å². The van der Waals surface area contributed by atoms with Crippen LogP contribution in [0.3, 0.4) is 0 Å². The monoisotopic (exact) mass is 405 g/mol. The lowest BCUT2D eigenvalue weighted by atomic mass is 10.1. The van der Waals surface area contributed by atoms with Gasteiger partial charge < -0.3 is 14.7 Å². The summed E-state index contributed by atoms with van der Waals surface area (Å²) in [7, 11) is 0. The number of anilines is 1. The van der Waals surface area contributed by atoms with E-state index in [0.29, 0.717) is 32.4 Å². The van der Waals surface area contributed by atoms with E-state index >= 15 is 0 Å². The van der Waals surface area contributed by atoms with E-state index in [9.17, 15) is 27.9 Å². The molecule has 0 saturated carbocycles. The predicted octanol–water partition coefficient (Wildman–Crippen LogP) is 2.34. The van der Waals surface area contributed by atoms with Gasteiger partial charge in [-0.1, -0.05) is 0 Å². The lowest BCUT2D eigenvalue weighted by Gasteiger charge is -2.28. The van der Waals surface area contributed by atoms with Gasteiger partial charge in [0.1, 0.15) is 17.2 Å². The van der Waals surface area contributed by atoms with Crippen molar-refractivity contribution in [3.05, 3.63) is 63.7 Å². The molecule has 0 spiro atoms. The van der Waals surface area contributed by atoms with Crippen LogP contribution in [0.25, 0.3) is 16.7 Å². The molecule has 3 heterocycles. The highest BCUT2D eigenvalue weighted by molar-refractivity contribution is 5.92. The lowest BCUT2D eigenvalue weighted by Crippen LogP contribution is -2.37. The average Bonchev–Trinajstić information content (AvgIpc) is 2.69. The molecular formula is C19H14F3N3O4. The molecule has 10 heteroatoms. The van der Waals surface area contributed by atoms with Crippen LogP contribution in [0.2, 0.25) is 0 Å². The Bertz CT molecular complexity index is 1190. The van der Waals surface area contributed by atoms with E-state index in [1.54, 1.807) is 4.90 Å². The molecule has 1 saturated heterocycles. The Kier molecular flexibility index (Phi) is 4.71. The fourth-order valence-electron chi connectivity index (χ4n) is 3.22. The van der Waals surface area contributed by atoms with Crippen molar-refractivity contribution in [2.45, 2.75) is 0 Å². The molecule has 1 fully saturated rings. The number of hydrogen-bond donors (Lipinski definition) is 1. The molecule has 7 nitrogen and oxygen atoms in total. The molecule has 4 rings (SSSR count). The number of aromatic nitrogens is 2. The van der Waals surface area contributed by atoms with Crippen molar-refractivity contribution in [2.24, 2.45) is 0 Å². The number of benzene rings is 1. The Labute approximate surface area is 161 Å². The van der Waals surface area contributed by atoms with Gasteiger partial charge >= 0.3 is 5.97 Å². The standard InChI is InChI=1S/C19H14F3N3O4/c20-10-1-2-15(13(21)7-10)25-9-12(19(27)28)16(26)11-8-14(22)18(23-17(11)25)24-3-5-29-6-4-24/h1-2,7-9H,3-6H2,(H,27,28). The summed E-state index contributed by atoms with van der Waals surface area (Å²) in [6, 6.07) is 3.57. The van der Waals surface area contributed by atoms with Crippen LogP contribution in [0.15, 0.2) is 35.3 Å². The number of pyridine rings is 2. The summed E-state index contributed by atoms with van der Waals surface area (Å²) in [5.41, 5.74) is -2.02. The highest BCUT2D eigenvalue weighted by atomic mass is 19.1. The Hall–Kier alpha value is -3.40. The van der Waals surface area contributed by atoms with Gasteiger partial charge in [0.05, 0.1) is 24.3 Å². The summed E-state index contributed by atoms with van der Waals surface area (Å²) in [4.78, 5) is 29.8. The summed E-state index contributed by atoms with van der Waals surface area (Å²) in [5.74, 6) is -4.27. The number of aromatic carboxylic acids is 1. The van der Waals surface area contributed by atoms with Crippen LogP contribution in [-0.2, 0) is 4.74 Å². The number of fused-ring (bicyclic) bond motifs is 1. The second kappa shape index (κ2) is 7.21. The number of carboxylic acid groups (broad SMARTS) is 1. The summed E-state index contributed by atoms with van der Waals surface area (Å²) in [6.07, 6.45) is 0.900. The second-order valence-electron chi connectivity index (χ2n) is 6.41. The normalized spacial score (nSPS) is 14.4. The molecule has 0 unspecified atom stereocenters. The summed E-state index contributed by atoms with van der Waals surface area (Å²) >= 11 is 0. The fourth-order valence-corrected chi connectivity index (χ4v) is 3.22. The minimum absolute atomic E-state index is 0.0699. The molecule has 1 aliphatic heterocycles. The van der Waals surface area contributed by atoms with E-state index < -0.39 is 34.4 Å². The molecule has 2 aromatic heterocycles. The maximum atomic E-state index is 14.7. The van der Waals surface area contributed by atoms with Crippen molar-refractivity contribution in [2.75, 3.05) is 31.2 Å². The van der Waals surface area contributed by atoms with Crippen LogP contribution in [0.4, 0.5) is 19.0 Å². The van der Waals surface area contributed by atoms with E-state index in [0.717, 1.165) is 29.0 Å². The van der Waals surface area contributed by atoms with Crippen LogP contribution < -0.4 is 10.3 Å². The lowest BCUT2D eigenvalue weighted by molar-refractivity contribution is 0.0695. The summed E-state index contributed by atoms with van der Waals surface area (Å²) < 4.78 is 48.7. The highest BCUT2D eigenvalue weighted by Gasteiger charge is 2.23. The molecular weight excluding hydrogens is 391 g/mol. The number of carboxylic acids is 1. The first-order valence-corrected chi connectivity index (χ1v) is 8.64. The van der Waals surface area contributed by atoms with Gasteiger partial charge in [-0.05, 0) is 18.2 Å². The van der Waals surface area contributed by atoms with Gasteiger partial charge in [-0.15, -0.1) is 0 Å². The first-order valence-electron chi connectivity index (χ1n) is 8.64. The van der Waals surface area contributed by atoms with Crippen LogP contribution >= 0.6 is 0 Å². The Morgan fingerprint density at radius 2 is 1.83 bits per heavy atom. The van der Waals surface area contributed by atoms with Crippen molar-refractivity contribution in [3.8, 4) is 5.69 Å². The molecule has 0 amide bonds. The van der Waals surface area contributed by atoms with Gasteiger partial charge in [-0.2, -0.15) is 0 Å². The first kappa shape index (κ1) is 18.9. The van der Waals surface area contributed by atoms with Crippen molar-refractivity contribution in [3.63, 3.8) is 0 Å². The summed E-state index contributed by atoms with van der Waals surface area (Å²) in [6.45, 7) is 1.43. The van der Waals surface area contributed by atoms with E-state index in [1.165, 1.54) is 0 Å². The molecule has 0 bridgehead atoms. The SMILES string of the molecule is O=C(O)c1cn(-c2ccc(F)cc2F)c2nc(N3CCOCC3)c(F)cc2c1=O. The van der Waals surface area contributed by atoms with E-state index in [2.05, 4.69) is 4.98 Å². The zero-order valence-corrected chi connectivity index (χ0v) is 14.9. The predicted molar refractivity (Wildman–Crippen MR) is 97.2 cm³/mol. The van der Waals surface area contributed by atoms with Crippen molar-refractivity contribution >= 4 is 22.8 Å². The third-order valence-corrected chi connectivity index (χ3v) is 4.62. The van der Waals surface area contributed by atoms with Crippen LogP contribution in [0.5, 0.6) is 0 Å². The minimum atomic E-state index is -1.56. The van der Waals surface area contributed by atoms with E-state index in [-0.39, 0.29) is 22.5 Å². The van der Waals surface area contributed by atoms with E-state index in [1.807, 2.05) is 0 Å². The molecule has 0 radical (unpaired) electrons. The summed E-state index contributed by atoms with van der Waals surface area (Å²) in [5, 5.41) is 9.00. The number of morpholine rings is 1. The maximum Gasteiger partial charge on any atom is 0.341 e. The minimum Gasteiger partial charge on any atom is -0.477 e. The number of carbonyl (C=O) groups is 1. The molecule has 1 N–H and O–H groups in total. The number of nitrogens with zero attached hydrogens (tertiary/aromatic N) is 3. The first-order chi connectivity index (χ1) is 13.9. The van der Waals surface area contributed by atoms with Gasteiger partial charge in [-0.25, -0.2) is 22.9 Å². The zero-order valence-electron chi connectivity index (χ0n) is 14.9.